The number of carboxylic acid groups (broad SMARTS) is 1. The van der Waals surface area contributed by atoms with E-state index in [1.54, 1.807) is 0 Å². The fourth-order valence-corrected chi connectivity index (χ4v) is 3.50. The average Bonchev–Trinajstić information content (AvgIpc) is 2.22. The van der Waals surface area contributed by atoms with E-state index in [-0.39, 0.29) is 33.8 Å². The fourth-order valence-electron chi connectivity index (χ4n) is 1.26. The van der Waals surface area contributed by atoms with Crippen molar-refractivity contribution in [2.45, 2.75) is 12.8 Å². The van der Waals surface area contributed by atoms with Crippen molar-refractivity contribution in [2.24, 2.45) is 0 Å². The van der Waals surface area contributed by atoms with E-state index in [9.17, 15) is 17.6 Å². The Labute approximate surface area is 122 Å². The first-order valence-electron chi connectivity index (χ1n) is 5.08. The van der Waals surface area contributed by atoms with E-state index >= 15 is 0 Å². The molecule has 1 aromatic rings. The number of nitrogens with one attached hydrogen (secondary N) is 1. The van der Waals surface area contributed by atoms with Crippen LogP contribution in [-0.2, 0) is 14.8 Å². The zero-order valence-corrected chi connectivity index (χ0v) is 12.6. The zero-order valence-electron chi connectivity index (χ0n) is 9.49. The van der Waals surface area contributed by atoms with Gasteiger partial charge < -0.3 is 5.11 Å². The summed E-state index contributed by atoms with van der Waals surface area (Å²) >= 11 is 8.73. The summed E-state index contributed by atoms with van der Waals surface area (Å²) in [5, 5.41) is 8.34. The molecular weight excluding hydrogens is 365 g/mol. The zero-order chi connectivity index (χ0) is 14.6. The highest BCUT2D eigenvalue weighted by atomic mass is 79.9. The van der Waals surface area contributed by atoms with Crippen LogP contribution in [0.5, 0.6) is 0 Å². The molecular formula is C10H10BrClFNO4S. The molecule has 0 bridgehead atoms. The molecule has 0 amide bonds. The van der Waals surface area contributed by atoms with Gasteiger partial charge in [0.25, 0.3) is 0 Å². The standard InChI is InChI=1S/C10H10BrClFNO4S/c11-7-4-6(13)5-8(12)10(7)14-19(17,18)3-1-2-9(15)16/h4-5,14H,1-3H2,(H,15,16). The smallest absolute Gasteiger partial charge is 0.303 e. The second kappa shape index (κ2) is 6.53. The van der Waals surface area contributed by atoms with E-state index in [0.717, 1.165) is 12.1 Å². The van der Waals surface area contributed by atoms with E-state index in [1.807, 2.05) is 0 Å². The number of anilines is 1. The van der Waals surface area contributed by atoms with Crippen molar-refractivity contribution in [1.82, 2.24) is 0 Å². The van der Waals surface area contributed by atoms with Crippen molar-refractivity contribution >= 4 is 49.2 Å². The van der Waals surface area contributed by atoms with Crippen LogP contribution in [0, 0.1) is 5.82 Å². The van der Waals surface area contributed by atoms with Gasteiger partial charge in [-0.3, -0.25) is 9.52 Å². The molecule has 19 heavy (non-hydrogen) atoms. The first kappa shape index (κ1) is 16.2. The minimum Gasteiger partial charge on any atom is -0.481 e. The molecule has 0 aliphatic rings. The van der Waals surface area contributed by atoms with Crippen molar-refractivity contribution in [3.05, 3.63) is 27.4 Å². The summed E-state index contributed by atoms with van der Waals surface area (Å²) in [6.45, 7) is 0. The van der Waals surface area contributed by atoms with Gasteiger partial charge in [-0.25, -0.2) is 12.8 Å². The second-order valence-corrected chi connectivity index (χ2v) is 6.77. The van der Waals surface area contributed by atoms with Gasteiger partial charge in [-0.05, 0) is 34.5 Å². The summed E-state index contributed by atoms with van der Waals surface area (Å²) in [6.07, 6.45) is -0.277. The van der Waals surface area contributed by atoms with Crippen molar-refractivity contribution in [3.63, 3.8) is 0 Å². The van der Waals surface area contributed by atoms with Gasteiger partial charge in [0.05, 0.1) is 16.5 Å². The SMILES string of the molecule is O=C(O)CCCS(=O)(=O)Nc1c(Cl)cc(F)cc1Br. The Morgan fingerprint density at radius 2 is 2.11 bits per heavy atom. The molecule has 1 aromatic carbocycles. The number of carboxylic acids is 1. The second-order valence-electron chi connectivity index (χ2n) is 3.66. The topological polar surface area (TPSA) is 83.5 Å². The highest BCUT2D eigenvalue weighted by Crippen LogP contribution is 2.32. The van der Waals surface area contributed by atoms with Gasteiger partial charge in [0.15, 0.2) is 0 Å². The van der Waals surface area contributed by atoms with Crippen LogP contribution in [-0.4, -0.2) is 25.2 Å². The highest BCUT2D eigenvalue weighted by molar-refractivity contribution is 9.10. The lowest BCUT2D eigenvalue weighted by Crippen LogP contribution is -2.18. The van der Waals surface area contributed by atoms with Gasteiger partial charge in [0, 0.05) is 10.9 Å². The van der Waals surface area contributed by atoms with Gasteiger partial charge in [0.2, 0.25) is 10.0 Å². The molecule has 0 aliphatic heterocycles. The van der Waals surface area contributed by atoms with E-state index < -0.39 is 21.8 Å². The molecule has 5 nitrogen and oxygen atoms in total. The van der Waals surface area contributed by atoms with Crippen LogP contribution in [0.4, 0.5) is 10.1 Å². The normalized spacial score (nSPS) is 11.3. The average molecular weight is 375 g/mol. The maximum atomic E-state index is 13.0. The number of hydrogen-bond acceptors (Lipinski definition) is 3. The molecule has 106 valence electrons. The third-order valence-electron chi connectivity index (χ3n) is 2.07. The van der Waals surface area contributed by atoms with Gasteiger partial charge in [-0.2, -0.15) is 0 Å². The maximum Gasteiger partial charge on any atom is 0.303 e. The Morgan fingerprint density at radius 3 is 2.63 bits per heavy atom. The van der Waals surface area contributed by atoms with Gasteiger partial charge in [0.1, 0.15) is 5.82 Å². The molecule has 1 rings (SSSR count). The summed E-state index contributed by atoms with van der Waals surface area (Å²) < 4.78 is 38.7. The van der Waals surface area contributed by atoms with Crippen LogP contribution in [0.15, 0.2) is 16.6 Å². The van der Waals surface area contributed by atoms with Gasteiger partial charge >= 0.3 is 5.97 Å². The van der Waals surface area contributed by atoms with E-state index in [2.05, 4.69) is 20.7 Å². The first-order valence-corrected chi connectivity index (χ1v) is 7.90. The molecule has 0 aromatic heterocycles. The van der Waals surface area contributed by atoms with Gasteiger partial charge in [-0.1, -0.05) is 11.6 Å². The molecule has 0 radical (unpaired) electrons. The lowest BCUT2D eigenvalue weighted by atomic mass is 10.3. The first-order chi connectivity index (χ1) is 8.71. The molecule has 0 saturated heterocycles. The molecule has 0 fully saturated rings. The third kappa shape index (κ3) is 5.33. The summed E-state index contributed by atoms with van der Waals surface area (Å²) in [7, 11) is -3.74. The Kier molecular flexibility index (Phi) is 5.57. The maximum absolute atomic E-state index is 13.0. The number of rotatable bonds is 6. The number of benzene rings is 1. The highest BCUT2D eigenvalue weighted by Gasteiger charge is 2.16. The predicted octanol–water partition coefficient (Wildman–Crippen LogP) is 2.85. The van der Waals surface area contributed by atoms with Crippen molar-refractivity contribution < 1.29 is 22.7 Å². The lowest BCUT2D eigenvalue weighted by molar-refractivity contribution is -0.137. The summed E-state index contributed by atoms with van der Waals surface area (Å²) in [5.41, 5.74) is 0.0263. The molecule has 0 spiro atoms. The Hall–Kier alpha value is -0.860. The fraction of sp³-hybridized carbons (Fsp3) is 0.300. The van der Waals surface area contributed by atoms with Crippen molar-refractivity contribution in [2.75, 3.05) is 10.5 Å². The number of hydrogen-bond donors (Lipinski definition) is 2. The molecule has 0 unspecified atom stereocenters. The Balaban J connectivity index is 2.81. The largest absolute Gasteiger partial charge is 0.481 e. The molecule has 9 heteroatoms. The van der Waals surface area contributed by atoms with Gasteiger partial charge in [-0.15, -0.1) is 0 Å². The number of sulfonamides is 1. The van der Waals surface area contributed by atoms with Crippen LogP contribution in [0.1, 0.15) is 12.8 Å². The van der Waals surface area contributed by atoms with Crippen molar-refractivity contribution in [1.29, 1.82) is 0 Å². The Morgan fingerprint density at radius 1 is 1.47 bits per heavy atom. The molecule has 0 heterocycles. The van der Waals surface area contributed by atoms with E-state index in [4.69, 9.17) is 16.7 Å². The predicted molar refractivity (Wildman–Crippen MR) is 73.4 cm³/mol. The molecule has 2 N–H and O–H groups in total. The minimum atomic E-state index is -3.74. The number of aliphatic carboxylic acids is 1. The summed E-state index contributed by atoms with van der Waals surface area (Å²) in [5.74, 6) is -2.04. The summed E-state index contributed by atoms with van der Waals surface area (Å²) in [6, 6.07) is 2.04. The van der Waals surface area contributed by atoms with Crippen molar-refractivity contribution in [3.8, 4) is 0 Å². The number of halogens is 3. The van der Waals surface area contributed by atoms with E-state index in [1.165, 1.54) is 0 Å². The third-order valence-corrected chi connectivity index (χ3v) is 4.33. The Bertz CT molecular complexity index is 570. The van der Waals surface area contributed by atoms with E-state index in [0.29, 0.717) is 0 Å². The van der Waals surface area contributed by atoms with Crippen LogP contribution >= 0.6 is 27.5 Å². The lowest BCUT2D eigenvalue weighted by Gasteiger charge is -2.11. The monoisotopic (exact) mass is 373 g/mol. The van der Waals surface area contributed by atoms with Crippen LogP contribution in [0.25, 0.3) is 0 Å². The molecule has 0 saturated carbocycles. The molecule has 0 atom stereocenters. The quantitative estimate of drug-likeness (QED) is 0.802. The van der Waals surface area contributed by atoms with Crippen LogP contribution in [0.3, 0.4) is 0 Å². The van der Waals surface area contributed by atoms with Crippen LogP contribution in [0.2, 0.25) is 5.02 Å². The molecule has 0 aliphatic carbocycles. The number of carbonyl (C=O) groups is 1. The summed E-state index contributed by atoms with van der Waals surface area (Å²) in [4.78, 5) is 10.3. The minimum absolute atomic E-state index is 0.0263. The van der Waals surface area contributed by atoms with Crippen LogP contribution < -0.4 is 4.72 Å².